The summed E-state index contributed by atoms with van der Waals surface area (Å²) in [5.74, 6) is 0.464. The normalized spacial score (nSPS) is 15.8. The molecule has 0 spiro atoms. The Kier molecular flexibility index (Phi) is 6.78. The highest BCUT2D eigenvalue weighted by Crippen LogP contribution is 2.53. The third-order valence-electron chi connectivity index (χ3n) is 5.23. The number of rotatable bonds is 6. The first-order chi connectivity index (χ1) is 14.0. The van der Waals surface area contributed by atoms with Gasteiger partial charge in [-0.2, -0.15) is 0 Å². The zero-order valence-corrected chi connectivity index (χ0v) is 20.2. The Morgan fingerprint density at radius 3 is 2.40 bits per heavy atom. The van der Waals surface area contributed by atoms with E-state index in [1.807, 2.05) is 12.1 Å². The van der Waals surface area contributed by atoms with Crippen molar-refractivity contribution in [1.82, 2.24) is 0 Å². The molecule has 1 aliphatic heterocycles. The second-order valence-electron chi connectivity index (χ2n) is 8.40. The second kappa shape index (κ2) is 8.83. The van der Waals surface area contributed by atoms with Crippen molar-refractivity contribution in [2.75, 3.05) is 31.0 Å². The van der Waals surface area contributed by atoms with Crippen LogP contribution in [0.2, 0.25) is 10.0 Å². The lowest BCUT2D eigenvalue weighted by Gasteiger charge is -2.43. The smallest absolute Gasteiger partial charge is 0.256 e. The minimum Gasteiger partial charge on any atom is -0.491 e. The molecule has 30 heavy (non-hydrogen) atoms. The topological polar surface area (TPSA) is 47.6 Å². The number of hydrogen-bond acceptors (Lipinski definition) is 3. The first-order valence-corrected chi connectivity index (χ1v) is 12.7. The lowest BCUT2D eigenvalue weighted by Crippen LogP contribution is -2.26. The Hall–Kier alpha value is -1.66. The molecule has 2 aromatic rings. The number of benzene rings is 2. The molecule has 1 N–H and O–H groups in total. The molecule has 0 atom stereocenters. The van der Waals surface area contributed by atoms with E-state index in [0.29, 0.717) is 40.3 Å². The first kappa shape index (κ1) is 23.0. The number of fused-ring (bicyclic) bond motifs is 1. The van der Waals surface area contributed by atoms with Crippen molar-refractivity contribution in [3.8, 4) is 5.75 Å². The van der Waals surface area contributed by atoms with E-state index >= 15 is 0 Å². The van der Waals surface area contributed by atoms with Gasteiger partial charge in [0.2, 0.25) is 0 Å². The Bertz CT molecular complexity index is 996. The quantitative estimate of drug-likeness (QED) is 0.381. The zero-order valence-electron chi connectivity index (χ0n) is 17.8. The summed E-state index contributed by atoms with van der Waals surface area (Å²) < 4.78 is 12.2. The third-order valence-corrected chi connectivity index (χ3v) is 9.41. The van der Waals surface area contributed by atoms with Gasteiger partial charge in [-0.1, -0.05) is 50.0 Å². The van der Waals surface area contributed by atoms with Gasteiger partial charge in [-0.05, 0) is 48.9 Å². The van der Waals surface area contributed by atoms with Crippen LogP contribution < -0.4 is 10.1 Å². The van der Waals surface area contributed by atoms with Gasteiger partial charge in [0, 0.05) is 31.5 Å². The predicted molar refractivity (Wildman–Crippen MR) is 130 cm³/mol. The van der Waals surface area contributed by atoms with Gasteiger partial charge in [0.15, 0.2) is 0 Å². The van der Waals surface area contributed by atoms with E-state index in [-0.39, 0.29) is 10.7 Å². The van der Waals surface area contributed by atoms with Gasteiger partial charge in [0.25, 0.3) is 5.91 Å². The molecule has 4 nitrogen and oxygen atoms in total. The summed E-state index contributed by atoms with van der Waals surface area (Å²) in [7, 11) is -1.21. The molecular weight excluding hydrogens is 441 g/mol. The number of halogens is 2. The maximum atomic E-state index is 12.5. The summed E-state index contributed by atoms with van der Waals surface area (Å²) >= 11 is 12.2. The molecule has 0 radical (unpaired) electrons. The molecule has 2 aromatic carbocycles. The molecule has 0 saturated heterocycles. The minimum atomic E-state index is -1.21. The first-order valence-electron chi connectivity index (χ1n) is 9.60. The minimum absolute atomic E-state index is 0.0922. The van der Waals surface area contributed by atoms with Crippen LogP contribution in [0.15, 0.2) is 36.4 Å². The molecule has 1 aliphatic rings. The molecule has 0 bridgehead atoms. The highest BCUT2D eigenvalue weighted by atomic mass is 35.5. The molecule has 3 rings (SSSR count). The number of carbonyl (C=O) groups excluding carboxylic acids is 1. The number of hydrogen-bond donors (Lipinski definition) is 1. The van der Waals surface area contributed by atoms with Crippen LogP contribution in [0.3, 0.4) is 0 Å². The Labute approximate surface area is 190 Å². The van der Waals surface area contributed by atoms with Crippen LogP contribution in [0.25, 0.3) is 11.6 Å². The number of amides is 1. The van der Waals surface area contributed by atoms with Crippen LogP contribution in [0, 0.1) is 0 Å². The van der Waals surface area contributed by atoms with E-state index in [4.69, 9.17) is 32.1 Å². The Morgan fingerprint density at radius 2 is 1.70 bits per heavy atom. The molecule has 0 aliphatic carbocycles. The highest BCUT2D eigenvalue weighted by molar-refractivity contribution is 8.29. The molecule has 0 aromatic heterocycles. The van der Waals surface area contributed by atoms with Crippen LogP contribution in [0.1, 0.15) is 31.9 Å². The zero-order chi connectivity index (χ0) is 22.1. The fourth-order valence-corrected chi connectivity index (χ4v) is 3.99. The van der Waals surface area contributed by atoms with Crippen LogP contribution >= 0.6 is 33.5 Å². The molecule has 1 amide bonds. The van der Waals surface area contributed by atoms with Gasteiger partial charge in [-0.15, -0.1) is 10.3 Å². The Balaban J connectivity index is 1.79. The Morgan fingerprint density at radius 1 is 1.03 bits per heavy atom. The molecule has 0 saturated carbocycles. The van der Waals surface area contributed by atoms with Crippen LogP contribution in [0.4, 0.5) is 5.69 Å². The largest absolute Gasteiger partial charge is 0.491 e. The van der Waals surface area contributed by atoms with Crippen molar-refractivity contribution in [1.29, 1.82) is 0 Å². The lowest BCUT2D eigenvalue weighted by molar-refractivity contribution is -0.110. The van der Waals surface area contributed by atoms with E-state index in [1.165, 1.54) is 0 Å². The summed E-state index contributed by atoms with van der Waals surface area (Å²) in [6.07, 6.45) is 6.11. The van der Waals surface area contributed by atoms with E-state index in [1.54, 1.807) is 30.3 Å². The maximum Gasteiger partial charge on any atom is 0.256 e. The molecular formula is C23H27Cl2NO3S. The average Bonchev–Trinajstić information content (AvgIpc) is 2.93. The van der Waals surface area contributed by atoms with E-state index in [2.05, 4.69) is 38.6 Å². The SMILES string of the molecule is CC(C)(C)S(C)(C)OCCOc1ccc(Cl)cc1/C=C1/C(=O)Nc2cc(Cl)ccc21. The van der Waals surface area contributed by atoms with Crippen molar-refractivity contribution < 1.29 is 13.7 Å². The highest BCUT2D eigenvalue weighted by Gasteiger charge is 2.28. The van der Waals surface area contributed by atoms with Gasteiger partial charge in [0.1, 0.15) is 12.4 Å². The van der Waals surface area contributed by atoms with Crippen molar-refractivity contribution in [3.05, 3.63) is 57.6 Å². The number of ether oxygens (including phenoxy) is 1. The van der Waals surface area contributed by atoms with Gasteiger partial charge < -0.3 is 14.2 Å². The summed E-state index contributed by atoms with van der Waals surface area (Å²) in [6, 6.07) is 10.7. The molecule has 0 unspecified atom stereocenters. The predicted octanol–water partition coefficient (Wildman–Crippen LogP) is 6.66. The third kappa shape index (κ3) is 5.14. The average molecular weight is 468 g/mol. The van der Waals surface area contributed by atoms with E-state index in [9.17, 15) is 4.79 Å². The lowest BCUT2D eigenvalue weighted by atomic mass is 10.0. The standard InChI is InChI=1S/C23H27Cl2NO3S/c1-23(2,3)30(4,5)29-11-10-28-21-9-7-16(24)12-15(21)13-19-18-8-6-17(25)14-20(18)26-22(19)27/h6-9,12-14H,10-11H2,1-5H3,(H,26,27)/b19-13+. The van der Waals surface area contributed by atoms with Crippen molar-refractivity contribution in [2.45, 2.75) is 25.5 Å². The molecule has 0 fully saturated rings. The summed E-state index contributed by atoms with van der Waals surface area (Å²) in [6.45, 7) is 7.45. The maximum absolute atomic E-state index is 12.5. The molecule has 7 heteroatoms. The molecule has 162 valence electrons. The van der Waals surface area contributed by atoms with E-state index in [0.717, 1.165) is 11.1 Å². The van der Waals surface area contributed by atoms with Crippen LogP contribution in [0.5, 0.6) is 5.75 Å². The van der Waals surface area contributed by atoms with Gasteiger partial charge in [-0.25, -0.2) is 0 Å². The second-order valence-corrected chi connectivity index (χ2v) is 13.2. The number of carbonyl (C=O) groups is 1. The van der Waals surface area contributed by atoms with Crippen molar-refractivity contribution in [2.24, 2.45) is 0 Å². The fourth-order valence-electron chi connectivity index (χ4n) is 2.80. The van der Waals surface area contributed by atoms with Gasteiger partial charge in [0.05, 0.1) is 12.3 Å². The molecule has 1 heterocycles. The van der Waals surface area contributed by atoms with Crippen LogP contribution in [-0.4, -0.2) is 36.4 Å². The van der Waals surface area contributed by atoms with Crippen molar-refractivity contribution in [3.63, 3.8) is 0 Å². The summed E-state index contributed by atoms with van der Waals surface area (Å²) in [5.41, 5.74) is 2.78. The van der Waals surface area contributed by atoms with Crippen LogP contribution in [-0.2, 0) is 8.98 Å². The van der Waals surface area contributed by atoms with Gasteiger partial charge >= 0.3 is 0 Å². The van der Waals surface area contributed by atoms with Crippen molar-refractivity contribution >= 4 is 56.8 Å². The van der Waals surface area contributed by atoms with E-state index < -0.39 is 10.3 Å². The summed E-state index contributed by atoms with van der Waals surface area (Å²) in [5, 5.41) is 3.98. The summed E-state index contributed by atoms with van der Waals surface area (Å²) in [4.78, 5) is 12.5. The van der Waals surface area contributed by atoms with Gasteiger partial charge in [-0.3, -0.25) is 4.79 Å². The number of anilines is 1. The monoisotopic (exact) mass is 467 g/mol. The fraction of sp³-hybridized carbons (Fsp3) is 0.348. The number of nitrogens with one attached hydrogen (secondary N) is 1.